The predicted molar refractivity (Wildman–Crippen MR) is 99.7 cm³/mol. The van der Waals surface area contributed by atoms with Crippen LogP contribution in [0.5, 0.6) is 0 Å². The van der Waals surface area contributed by atoms with Crippen molar-refractivity contribution in [3.05, 3.63) is 23.7 Å². The molecular formula is C22H30O6. The van der Waals surface area contributed by atoms with E-state index in [4.69, 9.17) is 13.9 Å². The van der Waals surface area contributed by atoms with Crippen molar-refractivity contribution in [3.8, 4) is 0 Å². The lowest BCUT2D eigenvalue weighted by Gasteiger charge is -2.66. The minimum absolute atomic E-state index is 0.0497. The monoisotopic (exact) mass is 390 g/mol. The molecule has 4 aliphatic rings. The van der Waals surface area contributed by atoms with Crippen molar-refractivity contribution in [1.82, 2.24) is 0 Å². The molecule has 28 heavy (non-hydrogen) atoms. The van der Waals surface area contributed by atoms with E-state index in [1.807, 2.05) is 0 Å². The molecule has 1 aromatic rings. The second-order valence-electron chi connectivity index (χ2n) is 9.36. The number of aliphatic hydroxyl groups is 1. The number of ether oxygens (including phenoxy) is 2. The zero-order chi connectivity index (χ0) is 19.5. The number of hydrogen-bond acceptors (Lipinski definition) is 5. The van der Waals surface area contributed by atoms with E-state index in [-0.39, 0.29) is 37.1 Å². The van der Waals surface area contributed by atoms with Crippen molar-refractivity contribution >= 4 is 5.97 Å². The first-order valence-corrected chi connectivity index (χ1v) is 10.7. The fraction of sp³-hybridized carbons (Fsp3) is 0.773. The summed E-state index contributed by atoms with van der Waals surface area (Å²) in [6.07, 6.45) is 6.60. The molecule has 1 unspecified atom stereocenters. The van der Waals surface area contributed by atoms with E-state index in [2.05, 4.69) is 13.0 Å². The van der Waals surface area contributed by atoms with E-state index in [1.165, 1.54) is 5.56 Å². The van der Waals surface area contributed by atoms with Gasteiger partial charge in [-0.25, -0.2) is 0 Å². The highest BCUT2D eigenvalue weighted by Crippen LogP contribution is 2.69. The van der Waals surface area contributed by atoms with Crippen molar-refractivity contribution in [1.29, 1.82) is 0 Å². The lowest BCUT2D eigenvalue weighted by Crippen LogP contribution is -2.68. The van der Waals surface area contributed by atoms with Gasteiger partial charge in [-0.3, -0.25) is 4.79 Å². The molecule has 2 saturated carbocycles. The molecular weight excluding hydrogens is 360 g/mol. The Bertz CT molecular complexity index is 758. The van der Waals surface area contributed by atoms with Crippen molar-refractivity contribution in [3.63, 3.8) is 0 Å². The molecule has 0 amide bonds. The maximum atomic E-state index is 12.5. The minimum atomic E-state index is -0.811. The maximum Gasteiger partial charge on any atom is 0.312 e. The molecule has 1 aromatic heterocycles. The summed E-state index contributed by atoms with van der Waals surface area (Å²) in [6, 6.07) is 2.10. The molecule has 2 bridgehead atoms. The summed E-state index contributed by atoms with van der Waals surface area (Å²) in [5.41, 5.74) is 0.168. The number of aliphatic carboxylic acids is 1. The third kappa shape index (κ3) is 2.28. The van der Waals surface area contributed by atoms with E-state index in [0.29, 0.717) is 18.3 Å². The smallest absolute Gasteiger partial charge is 0.312 e. The molecule has 1 aliphatic heterocycles. The number of aliphatic hydroxyl groups excluding tert-OH is 1. The Balaban J connectivity index is 1.62. The van der Waals surface area contributed by atoms with Crippen LogP contribution in [0.15, 0.2) is 16.7 Å². The summed E-state index contributed by atoms with van der Waals surface area (Å²) in [6.45, 7) is 2.65. The molecule has 3 aliphatic carbocycles. The number of furan rings is 1. The van der Waals surface area contributed by atoms with Crippen LogP contribution >= 0.6 is 0 Å². The Morgan fingerprint density at radius 3 is 3.00 bits per heavy atom. The number of hydrogen-bond donors (Lipinski definition) is 2. The van der Waals surface area contributed by atoms with Gasteiger partial charge in [0.15, 0.2) is 6.29 Å². The van der Waals surface area contributed by atoms with Crippen molar-refractivity contribution in [2.24, 2.45) is 28.6 Å². The molecule has 154 valence electrons. The highest BCUT2D eigenvalue weighted by atomic mass is 16.7. The van der Waals surface area contributed by atoms with Crippen molar-refractivity contribution < 1.29 is 28.9 Å². The van der Waals surface area contributed by atoms with Gasteiger partial charge in [0.25, 0.3) is 0 Å². The summed E-state index contributed by atoms with van der Waals surface area (Å²) >= 11 is 0. The molecule has 1 saturated heterocycles. The Labute approximate surface area is 165 Å². The molecule has 2 N–H and O–H groups in total. The Hall–Kier alpha value is -1.37. The normalized spacial score (nSPS) is 44.3. The van der Waals surface area contributed by atoms with Gasteiger partial charge in [0.05, 0.1) is 31.5 Å². The lowest BCUT2D eigenvalue weighted by atomic mass is 9.41. The molecule has 0 spiro atoms. The summed E-state index contributed by atoms with van der Waals surface area (Å²) < 4.78 is 18.1. The number of carboxylic acid groups (broad SMARTS) is 1. The molecule has 7 atom stereocenters. The Morgan fingerprint density at radius 2 is 2.21 bits per heavy atom. The summed E-state index contributed by atoms with van der Waals surface area (Å²) in [7, 11) is 0. The van der Waals surface area contributed by atoms with Gasteiger partial charge in [-0.15, -0.1) is 0 Å². The minimum Gasteiger partial charge on any atom is -0.481 e. The summed E-state index contributed by atoms with van der Waals surface area (Å²) in [5, 5.41) is 19.6. The van der Waals surface area contributed by atoms with Gasteiger partial charge in [0.2, 0.25) is 0 Å². The van der Waals surface area contributed by atoms with Gasteiger partial charge in [-0.1, -0.05) is 13.3 Å². The molecule has 2 heterocycles. The van der Waals surface area contributed by atoms with Crippen LogP contribution < -0.4 is 0 Å². The first-order valence-electron chi connectivity index (χ1n) is 10.7. The zero-order valence-electron chi connectivity index (χ0n) is 16.4. The van der Waals surface area contributed by atoms with Gasteiger partial charge in [0, 0.05) is 11.8 Å². The van der Waals surface area contributed by atoms with Crippen LogP contribution in [0.25, 0.3) is 0 Å². The van der Waals surface area contributed by atoms with Gasteiger partial charge in [0.1, 0.15) is 5.76 Å². The molecule has 0 aromatic carbocycles. The van der Waals surface area contributed by atoms with Crippen molar-refractivity contribution in [2.45, 2.75) is 57.7 Å². The summed E-state index contributed by atoms with van der Waals surface area (Å²) in [4.78, 5) is 12.5. The molecule has 6 nitrogen and oxygen atoms in total. The first kappa shape index (κ1) is 18.6. The van der Waals surface area contributed by atoms with Gasteiger partial charge in [-0.05, 0) is 61.0 Å². The fourth-order valence-electron chi connectivity index (χ4n) is 7.50. The fourth-order valence-corrected chi connectivity index (χ4v) is 7.50. The highest BCUT2D eigenvalue weighted by Gasteiger charge is 2.70. The molecule has 5 rings (SSSR count). The quantitative estimate of drug-likeness (QED) is 0.821. The van der Waals surface area contributed by atoms with Gasteiger partial charge >= 0.3 is 5.97 Å². The van der Waals surface area contributed by atoms with E-state index in [9.17, 15) is 15.0 Å². The Morgan fingerprint density at radius 1 is 1.36 bits per heavy atom. The van der Waals surface area contributed by atoms with E-state index in [1.54, 1.807) is 6.26 Å². The third-order valence-electron chi connectivity index (χ3n) is 8.58. The predicted octanol–water partition coefficient (Wildman–Crippen LogP) is 3.19. The van der Waals surface area contributed by atoms with Crippen LogP contribution in [-0.4, -0.2) is 42.3 Å². The third-order valence-corrected chi connectivity index (χ3v) is 8.58. The second kappa shape index (κ2) is 6.57. The zero-order valence-corrected chi connectivity index (χ0v) is 16.4. The summed E-state index contributed by atoms with van der Waals surface area (Å²) in [5.74, 6) is 1.53. The average molecular weight is 390 g/mol. The first-order chi connectivity index (χ1) is 13.5. The molecule has 6 heteroatoms. The SMILES string of the molecule is C[C@H]1c2ccoc2C[C@H]2[C@H]1CC[C@@H]1C23CCC[C@]1(C(=O)O)CO[C@H]3OCCO. The largest absolute Gasteiger partial charge is 0.481 e. The van der Waals surface area contributed by atoms with Crippen LogP contribution in [0.3, 0.4) is 0 Å². The average Bonchev–Trinajstić information content (AvgIpc) is 3.16. The van der Waals surface area contributed by atoms with Gasteiger partial charge < -0.3 is 24.1 Å². The topological polar surface area (TPSA) is 89.1 Å². The maximum absolute atomic E-state index is 12.5. The standard InChI is InChI=1S/C22H30O6/c1-13-14-3-4-18-21(19(24)25)6-2-7-22(18,20(28-12-21)27-10-8-23)16(14)11-17-15(13)5-9-26-17/h5,9,13-14,16,18,20,23H,2-4,6-8,10-12H2,1H3,(H,24,25)/t13-,14+,16+,18+,20-,21+,22?/m1/s1. The van der Waals surface area contributed by atoms with Crippen LogP contribution in [0.1, 0.15) is 56.3 Å². The number of carboxylic acids is 1. The van der Waals surface area contributed by atoms with Gasteiger partial charge in [-0.2, -0.15) is 0 Å². The van der Waals surface area contributed by atoms with Crippen LogP contribution in [0.2, 0.25) is 0 Å². The van der Waals surface area contributed by atoms with Crippen LogP contribution in [0, 0.1) is 28.6 Å². The van der Waals surface area contributed by atoms with E-state index < -0.39 is 17.7 Å². The molecule has 3 fully saturated rings. The highest BCUT2D eigenvalue weighted by molar-refractivity contribution is 5.76. The Kier molecular flexibility index (Phi) is 4.38. The second-order valence-corrected chi connectivity index (χ2v) is 9.36. The molecule has 0 radical (unpaired) electrons. The number of rotatable bonds is 4. The number of carbonyl (C=O) groups is 1. The van der Waals surface area contributed by atoms with E-state index >= 15 is 0 Å². The lowest BCUT2D eigenvalue weighted by molar-refractivity contribution is -0.332. The van der Waals surface area contributed by atoms with E-state index in [0.717, 1.165) is 37.9 Å². The van der Waals surface area contributed by atoms with Crippen LogP contribution in [0.4, 0.5) is 0 Å². The van der Waals surface area contributed by atoms with Crippen LogP contribution in [-0.2, 0) is 20.7 Å². The number of fused-ring (bicyclic) bond motifs is 2. The van der Waals surface area contributed by atoms with Crippen molar-refractivity contribution in [2.75, 3.05) is 19.8 Å².